The lowest BCUT2D eigenvalue weighted by Gasteiger charge is -2.24. The van der Waals surface area contributed by atoms with Crippen LogP contribution in [-0.4, -0.2) is 74.9 Å². The van der Waals surface area contributed by atoms with E-state index in [-0.39, 0.29) is 32.0 Å². The Morgan fingerprint density at radius 3 is 0.988 bits per heavy atom. The third kappa shape index (κ3) is 69.3. The number of ether oxygens (including phenoxy) is 2. The zero-order valence-corrected chi connectivity index (χ0v) is 56.9. The molecule has 0 saturated heterocycles. The van der Waals surface area contributed by atoms with Crippen LogP contribution in [0.3, 0.4) is 0 Å². The number of carbonyl (C=O) groups excluding carboxylic acids is 2. The van der Waals surface area contributed by atoms with E-state index in [1.54, 1.807) is 0 Å². The Hall–Kier alpha value is -3.85. The van der Waals surface area contributed by atoms with Gasteiger partial charge in [-0.1, -0.05) is 289 Å². The standard InChI is InChI=1S/C76H130NO8P/c1-6-8-10-12-14-16-18-20-22-24-26-28-30-32-34-36-37-38-39-41-43-45-47-49-51-53-55-57-59-61-63-65-67-69-76(79)85-74(73-84-86(80,81)83-71-70-77(3,4)5)72-82-75(78)68-66-64-62-60-58-56-54-52-50-48-46-44-42-40-35-33-31-29-27-25-23-21-19-17-15-13-11-9-7-2/h8,10,14,16,19-22,25-28,31-34,37-38,41,43,47,49,74H,6-7,9,11-13,15,17-18,23-24,29-30,35-36,39-40,42,44-46,48,50-73H2,1-5H3/p+1/b10-8-,16-14-,21-19-,22-20-,27-25-,28-26-,33-31-,34-32-,38-37-,43-41-,49-47-. The molecule has 0 amide bonds. The van der Waals surface area contributed by atoms with Crippen molar-refractivity contribution in [1.82, 2.24) is 0 Å². The second kappa shape index (κ2) is 65.6. The lowest BCUT2D eigenvalue weighted by atomic mass is 10.0. The van der Waals surface area contributed by atoms with Crippen LogP contribution in [0.4, 0.5) is 0 Å². The molecule has 0 aromatic heterocycles. The number of rotatable bonds is 63. The van der Waals surface area contributed by atoms with E-state index in [0.29, 0.717) is 17.4 Å². The summed E-state index contributed by atoms with van der Waals surface area (Å²) in [5, 5.41) is 0. The summed E-state index contributed by atoms with van der Waals surface area (Å²) in [7, 11) is 1.46. The maximum absolute atomic E-state index is 12.9. The molecule has 10 heteroatoms. The molecule has 0 aliphatic rings. The summed E-state index contributed by atoms with van der Waals surface area (Å²) in [6.07, 6.45) is 95.4. The molecule has 0 saturated carbocycles. The summed E-state index contributed by atoms with van der Waals surface area (Å²) in [5.41, 5.74) is 0. The van der Waals surface area contributed by atoms with Gasteiger partial charge in [0.05, 0.1) is 27.7 Å². The van der Waals surface area contributed by atoms with E-state index in [0.717, 1.165) is 109 Å². The number of phosphoric ester groups is 1. The predicted octanol–water partition coefficient (Wildman–Crippen LogP) is 22.8. The van der Waals surface area contributed by atoms with Crippen LogP contribution in [0.5, 0.6) is 0 Å². The van der Waals surface area contributed by atoms with E-state index in [2.05, 4.69) is 148 Å². The molecule has 0 aliphatic carbocycles. The average molecular weight is 1220 g/mol. The molecule has 0 aromatic rings. The lowest BCUT2D eigenvalue weighted by Crippen LogP contribution is -2.37. The molecule has 0 heterocycles. The maximum atomic E-state index is 12.9. The van der Waals surface area contributed by atoms with Crippen molar-refractivity contribution >= 4 is 19.8 Å². The van der Waals surface area contributed by atoms with Gasteiger partial charge in [0.2, 0.25) is 0 Å². The summed E-state index contributed by atoms with van der Waals surface area (Å²) in [4.78, 5) is 35.9. The van der Waals surface area contributed by atoms with E-state index in [9.17, 15) is 19.0 Å². The van der Waals surface area contributed by atoms with Crippen LogP contribution in [0.1, 0.15) is 284 Å². The number of esters is 2. The van der Waals surface area contributed by atoms with Crippen molar-refractivity contribution in [3.8, 4) is 0 Å². The van der Waals surface area contributed by atoms with E-state index in [1.165, 1.54) is 141 Å². The summed E-state index contributed by atoms with van der Waals surface area (Å²) in [6, 6.07) is 0. The highest BCUT2D eigenvalue weighted by molar-refractivity contribution is 7.47. The fourth-order valence-corrected chi connectivity index (χ4v) is 10.1. The SMILES string of the molecule is CC/C=C\C/C=C\C/C=C\C/C=C\C/C=C\C/C=C\C/C=C\C/C=C\CCCCCCCCCCC(=O)OC(COC(=O)CCCCCCCCCCCCCCCC/C=C\C/C=C\C/C=C\CCCCCCC)COP(=O)(O)OCC[N+](C)(C)C. The summed E-state index contributed by atoms with van der Waals surface area (Å²) < 4.78 is 34.7. The fourth-order valence-electron chi connectivity index (χ4n) is 9.33. The first kappa shape index (κ1) is 82.1. The Kier molecular flexibility index (Phi) is 62.7. The minimum absolute atomic E-state index is 0.0237. The topological polar surface area (TPSA) is 108 Å². The average Bonchev–Trinajstić information content (AvgIpc) is 3.70. The number of hydrogen-bond acceptors (Lipinski definition) is 7. The van der Waals surface area contributed by atoms with Crippen LogP contribution in [0.2, 0.25) is 0 Å². The molecule has 0 bridgehead atoms. The Bertz CT molecular complexity index is 1910. The molecule has 0 aliphatic heterocycles. The second-order valence-corrected chi connectivity index (χ2v) is 25.6. The molecular formula is C76H131NO8P+. The summed E-state index contributed by atoms with van der Waals surface area (Å²) in [6.45, 7) is 4.31. The van der Waals surface area contributed by atoms with E-state index < -0.39 is 26.5 Å². The van der Waals surface area contributed by atoms with E-state index in [4.69, 9.17) is 18.5 Å². The van der Waals surface area contributed by atoms with Gasteiger partial charge in [-0.15, -0.1) is 0 Å². The maximum Gasteiger partial charge on any atom is 0.472 e. The number of hydrogen-bond donors (Lipinski definition) is 1. The van der Waals surface area contributed by atoms with Crippen molar-refractivity contribution < 1.29 is 42.1 Å². The summed E-state index contributed by atoms with van der Waals surface area (Å²) in [5.74, 6) is -0.809. The molecule has 1 N–H and O–H groups in total. The second-order valence-electron chi connectivity index (χ2n) is 24.2. The Morgan fingerprint density at radius 2 is 0.663 bits per heavy atom. The van der Waals surface area contributed by atoms with Crippen LogP contribution >= 0.6 is 7.82 Å². The zero-order valence-electron chi connectivity index (χ0n) is 56.0. The van der Waals surface area contributed by atoms with Gasteiger partial charge in [-0.25, -0.2) is 4.57 Å². The monoisotopic (exact) mass is 1220 g/mol. The van der Waals surface area contributed by atoms with Gasteiger partial charge in [0.1, 0.15) is 19.8 Å². The summed E-state index contributed by atoms with van der Waals surface area (Å²) >= 11 is 0. The highest BCUT2D eigenvalue weighted by Crippen LogP contribution is 2.43. The van der Waals surface area contributed by atoms with E-state index in [1.807, 2.05) is 21.1 Å². The highest BCUT2D eigenvalue weighted by atomic mass is 31.2. The third-order valence-corrected chi connectivity index (χ3v) is 15.6. The van der Waals surface area contributed by atoms with Crippen molar-refractivity contribution in [3.63, 3.8) is 0 Å². The fraction of sp³-hybridized carbons (Fsp3) is 0.684. The Balaban J connectivity index is 4.13. The quantitative estimate of drug-likeness (QED) is 0.0211. The largest absolute Gasteiger partial charge is 0.472 e. The number of unbranched alkanes of at least 4 members (excludes halogenated alkanes) is 27. The number of phosphoric acid groups is 1. The van der Waals surface area contributed by atoms with Gasteiger partial charge in [-0.2, -0.15) is 0 Å². The number of allylic oxidation sites excluding steroid dienone is 22. The molecule has 492 valence electrons. The van der Waals surface area contributed by atoms with Crippen molar-refractivity contribution in [1.29, 1.82) is 0 Å². The molecule has 2 unspecified atom stereocenters. The minimum Gasteiger partial charge on any atom is -0.462 e. The van der Waals surface area contributed by atoms with Gasteiger partial charge in [0, 0.05) is 12.8 Å². The van der Waals surface area contributed by atoms with Crippen molar-refractivity contribution in [3.05, 3.63) is 134 Å². The molecule has 0 aromatic carbocycles. The molecular weight excluding hydrogens is 1090 g/mol. The minimum atomic E-state index is -4.40. The number of quaternary nitrogens is 1. The first-order valence-corrected chi connectivity index (χ1v) is 36.4. The van der Waals surface area contributed by atoms with Crippen LogP contribution in [-0.2, 0) is 32.7 Å². The van der Waals surface area contributed by atoms with Gasteiger partial charge in [0.25, 0.3) is 0 Å². The smallest absolute Gasteiger partial charge is 0.462 e. The van der Waals surface area contributed by atoms with Crippen molar-refractivity contribution in [2.75, 3.05) is 47.5 Å². The molecule has 0 spiro atoms. The Morgan fingerprint density at radius 1 is 0.372 bits per heavy atom. The lowest BCUT2D eigenvalue weighted by molar-refractivity contribution is -0.870. The Labute approximate surface area is 530 Å². The van der Waals surface area contributed by atoms with Crippen molar-refractivity contribution in [2.24, 2.45) is 0 Å². The molecule has 0 fully saturated rings. The highest BCUT2D eigenvalue weighted by Gasteiger charge is 2.27. The van der Waals surface area contributed by atoms with E-state index >= 15 is 0 Å². The molecule has 2 atom stereocenters. The van der Waals surface area contributed by atoms with Gasteiger partial charge < -0.3 is 18.9 Å². The van der Waals surface area contributed by atoms with Gasteiger partial charge in [0.15, 0.2) is 6.10 Å². The molecule has 9 nitrogen and oxygen atoms in total. The molecule has 0 radical (unpaired) electrons. The molecule has 86 heavy (non-hydrogen) atoms. The van der Waals surface area contributed by atoms with Crippen LogP contribution in [0, 0.1) is 0 Å². The third-order valence-electron chi connectivity index (χ3n) is 14.7. The number of likely N-dealkylation sites (N-methyl/N-ethyl adjacent to an activating group) is 1. The zero-order chi connectivity index (χ0) is 62.6. The van der Waals surface area contributed by atoms with Crippen LogP contribution in [0.25, 0.3) is 0 Å². The predicted molar refractivity (Wildman–Crippen MR) is 371 cm³/mol. The number of nitrogens with zero attached hydrogens (tertiary/aromatic N) is 1. The van der Waals surface area contributed by atoms with Crippen molar-refractivity contribution in [2.45, 2.75) is 290 Å². The van der Waals surface area contributed by atoms with Gasteiger partial charge in [-0.3, -0.25) is 18.6 Å². The first-order chi connectivity index (χ1) is 42.0. The van der Waals surface area contributed by atoms with Gasteiger partial charge in [-0.05, 0) is 116 Å². The van der Waals surface area contributed by atoms with Crippen LogP contribution < -0.4 is 0 Å². The first-order valence-electron chi connectivity index (χ1n) is 34.9. The van der Waals surface area contributed by atoms with Crippen LogP contribution in [0.15, 0.2) is 134 Å². The van der Waals surface area contributed by atoms with Gasteiger partial charge >= 0.3 is 19.8 Å². The normalized spacial score (nSPS) is 14.0. The molecule has 0 rings (SSSR count). The number of carbonyl (C=O) groups is 2.